The van der Waals surface area contributed by atoms with Gasteiger partial charge in [0.05, 0.1) is 11.9 Å². The molecule has 0 aliphatic carbocycles. The Morgan fingerprint density at radius 1 is 1.06 bits per heavy atom. The van der Waals surface area contributed by atoms with Crippen LogP contribution in [0.4, 0.5) is 5.69 Å². The molecule has 0 spiro atoms. The van der Waals surface area contributed by atoms with Gasteiger partial charge >= 0.3 is 0 Å². The van der Waals surface area contributed by atoms with E-state index in [1.807, 2.05) is 52.0 Å². The van der Waals surface area contributed by atoms with Crippen LogP contribution in [0.3, 0.4) is 0 Å². The molecule has 2 amide bonds. The topological polar surface area (TPSA) is 86.8 Å². The van der Waals surface area contributed by atoms with Crippen LogP contribution >= 0.6 is 11.6 Å². The summed E-state index contributed by atoms with van der Waals surface area (Å²) >= 11 is 6.13. The van der Waals surface area contributed by atoms with Crippen molar-refractivity contribution in [1.82, 2.24) is 10.2 Å². The van der Waals surface area contributed by atoms with E-state index in [9.17, 15) is 18.0 Å². The van der Waals surface area contributed by atoms with Gasteiger partial charge in [-0.15, -0.1) is 0 Å². The van der Waals surface area contributed by atoms with Crippen molar-refractivity contribution < 1.29 is 18.0 Å². The predicted octanol–water partition coefficient (Wildman–Crippen LogP) is 4.69. The van der Waals surface area contributed by atoms with Crippen LogP contribution in [0.2, 0.25) is 5.02 Å². The standard InChI is InChI=1S/C27H38ClN3O4S/c1-19(2)17-29-27(33)22(5)30(18-23-9-7-10-24(28)16-23)26(32)11-8-14-31(36(6,34)35)25-15-20(3)12-13-21(25)4/h7,9-10,12-13,15-16,19,22H,8,11,14,17-18H2,1-6H3,(H,29,33)/t22-/m0/s1. The molecule has 0 fully saturated rings. The van der Waals surface area contributed by atoms with Gasteiger partial charge in [-0.25, -0.2) is 8.42 Å². The van der Waals surface area contributed by atoms with Crippen LogP contribution < -0.4 is 9.62 Å². The average Bonchev–Trinajstić information content (AvgIpc) is 2.79. The number of aryl methyl sites for hydroxylation is 2. The lowest BCUT2D eigenvalue weighted by Gasteiger charge is -2.30. The number of nitrogens with zero attached hydrogens (tertiary/aromatic N) is 2. The summed E-state index contributed by atoms with van der Waals surface area (Å²) in [5.41, 5.74) is 3.22. The second-order valence-corrected chi connectivity index (χ2v) is 12.0. The molecule has 0 aliphatic heterocycles. The highest BCUT2D eigenvalue weighted by molar-refractivity contribution is 7.92. The van der Waals surface area contributed by atoms with Crippen LogP contribution in [-0.4, -0.2) is 50.5 Å². The van der Waals surface area contributed by atoms with E-state index in [-0.39, 0.29) is 37.2 Å². The van der Waals surface area contributed by atoms with Crippen molar-refractivity contribution in [2.45, 2.75) is 60.0 Å². The van der Waals surface area contributed by atoms with Gasteiger partial charge in [0.1, 0.15) is 6.04 Å². The number of sulfonamides is 1. The molecule has 9 heteroatoms. The summed E-state index contributed by atoms with van der Waals surface area (Å²) in [6, 6.07) is 12.1. The van der Waals surface area contributed by atoms with E-state index >= 15 is 0 Å². The fraction of sp³-hybridized carbons (Fsp3) is 0.481. The summed E-state index contributed by atoms with van der Waals surface area (Å²) < 4.78 is 26.5. The Morgan fingerprint density at radius 2 is 1.75 bits per heavy atom. The van der Waals surface area contributed by atoms with Gasteiger partial charge < -0.3 is 10.2 Å². The quantitative estimate of drug-likeness (QED) is 0.427. The number of rotatable bonds is 12. The SMILES string of the molecule is Cc1ccc(C)c(N(CCCC(=O)N(Cc2cccc(Cl)c2)[C@@H](C)C(=O)NCC(C)C)S(C)(=O)=O)c1. The van der Waals surface area contributed by atoms with Crippen LogP contribution in [-0.2, 0) is 26.2 Å². The number of halogens is 1. The van der Waals surface area contributed by atoms with E-state index in [2.05, 4.69) is 5.32 Å². The van der Waals surface area contributed by atoms with Gasteiger partial charge in [0.15, 0.2) is 0 Å². The number of carbonyl (C=O) groups is 2. The van der Waals surface area contributed by atoms with Crippen molar-refractivity contribution in [2.24, 2.45) is 5.92 Å². The first-order valence-corrected chi connectivity index (χ1v) is 14.4. The molecule has 1 atom stereocenters. The van der Waals surface area contributed by atoms with Gasteiger partial charge in [0.2, 0.25) is 21.8 Å². The summed E-state index contributed by atoms with van der Waals surface area (Å²) in [7, 11) is -3.54. The maximum atomic E-state index is 13.4. The Kier molecular flexibility index (Phi) is 10.8. The summed E-state index contributed by atoms with van der Waals surface area (Å²) in [5, 5.41) is 3.45. The van der Waals surface area contributed by atoms with E-state index in [4.69, 9.17) is 11.6 Å². The Bertz CT molecular complexity index is 1170. The Balaban J connectivity index is 2.19. The zero-order chi connectivity index (χ0) is 27.0. The van der Waals surface area contributed by atoms with Crippen LogP contribution in [0.1, 0.15) is 50.3 Å². The molecule has 2 aromatic carbocycles. The van der Waals surface area contributed by atoms with E-state index in [1.165, 1.54) is 15.5 Å². The highest BCUT2D eigenvalue weighted by Crippen LogP contribution is 2.25. The number of hydrogen-bond donors (Lipinski definition) is 1. The van der Waals surface area contributed by atoms with Gasteiger partial charge in [-0.3, -0.25) is 13.9 Å². The lowest BCUT2D eigenvalue weighted by atomic mass is 10.1. The molecule has 0 bridgehead atoms. The first kappa shape index (κ1) is 29.6. The molecule has 2 rings (SSSR count). The molecular formula is C27H38ClN3O4S. The van der Waals surface area contributed by atoms with Crippen molar-refractivity contribution >= 4 is 39.1 Å². The minimum atomic E-state index is -3.54. The first-order valence-electron chi connectivity index (χ1n) is 12.2. The van der Waals surface area contributed by atoms with Crippen LogP contribution in [0.5, 0.6) is 0 Å². The summed E-state index contributed by atoms with van der Waals surface area (Å²) in [6.45, 7) is 10.4. The molecule has 0 saturated carbocycles. The maximum absolute atomic E-state index is 13.4. The first-order chi connectivity index (χ1) is 16.8. The zero-order valence-corrected chi connectivity index (χ0v) is 23.6. The van der Waals surface area contributed by atoms with Crippen molar-refractivity contribution in [1.29, 1.82) is 0 Å². The molecule has 0 heterocycles. The number of benzene rings is 2. The smallest absolute Gasteiger partial charge is 0.242 e. The molecule has 2 aromatic rings. The molecular weight excluding hydrogens is 498 g/mol. The minimum Gasteiger partial charge on any atom is -0.354 e. The number of anilines is 1. The highest BCUT2D eigenvalue weighted by Gasteiger charge is 2.27. The molecule has 0 unspecified atom stereocenters. The zero-order valence-electron chi connectivity index (χ0n) is 22.0. The Labute approximate surface area is 220 Å². The number of carbonyl (C=O) groups excluding carboxylic acids is 2. The van der Waals surface area contributed by atoms with Gasteiger partial charge in [-0.1, -0.05) is 49.7 Å². The van der Waals surface area contributed by atoms with Gasteiger partial charge in [0, 0.05) is 31.1 Å². The largest absolute Gasteiger partial charge is 0.354 e. The molecule has 7 nitrogen and oxygen atoms in total. The summed E-state index contributed by atoms with van der Waals surface area (Å²) in [4.78, 5) is 27.7. The van der Waals surface area contributed by atoms with Crippen LogP contribution in [0.15, 0.2) is 42.5 Å². The third kappa shape index (κ3) is 8.82. The maximum Gasteiger partial charge on any atom is 0.242 e. The molecule has 0 aromatic heterocycles. The van der Waals surface area contributed by atoms with Crippen molar-refractivity contribution in [3.8, 4) is 0 Å². The van der Waals surface area contributed by atoms with E-state index in [0.717, 1.165) is 16.7 Å². The summed E-state index contributed by atoms with van der Waals surface area (Å²) in [6.07, 6.45) is 1.58. The second kappa shape index (κ2) is 13.1. The number of amides is 2. The number of hydrogen-bond acceptors (Lipinski definition) is 4. The van der Waals surface area contributed by atoms with Gasteiger partial charge in [0.25, 0.3) is 0 Å². The second-order valence-electron chi connectivity index (χ2n) is 9.70. The van der Waals surface area contributed by atoms with E-state index in [0.29, 0.717) is 23.7 Å². The molecule has 0 saturated heterocycles. The Morgan fingerprint density at radius 3 is 2.36 bits per heavy atom. The van der Waals surface area contributed by atoms with Crippen LogP contribution in [0, 0.1) is 19.8 Å². The highest BCUT2D eigenvalue weighted by atomic mass is 35.5. The predicted molar refractivity (Wildman–Crippen MR) is 147 cm³/mol. The van der Waals surface area contributed by atoms with Crippen molar-refractivity contribution in [2.75, 3.05) is 23.7 Å². The normalized spacial score (nSPS) is 12.3. The molecule has 1 N–H and O–H groups in total. The minimum absolute atomic E-state index is 0.0965. The molecule has 36 heavy (non-hydrogen) atoms. The molecule has 0 radical (unpaired) electrons. The lowest BCUT2D eigenvalue weighted by Crippen LogP contribution is -2.48. The van der Waals surface area contributed by atoms with E-state index in [1.54, 1.807) is 25.1 Å². The number of nitrogens with one attached hydrogen (secondary N) is 1. The third-order valence-corrected chi connectivity index (χ3v) is 7.29. The lowest BCUT2D eigenvalue weighted by molar-refractivity contribution is -0.140. The van der Waals surface area contributed by atoms with Crippen LogP contribution in [0.25, 0.3) is 0 Å². The Hall–Kier alpha value is -2.58. The van der Waals surface area contributed by atoms with Gasteiger partial charge in [-0.2, -0.15) is 0 Å². The van der Waals surface area contributed by atoms with Crippen molar-refractivity contribution in [3.63, 3.8) is 0 Å². The monoisotopic (exact) mass is 535 g/mol. The average molecular weight is 536 g/mol. The third-order valence-electron chi connectivity index (χ3n) is 5.88. The molecule has 198 valence electrons. The van der Waals surface area contributed by atoms with Gasteiger partial charge in [-0.05, 0) is 68.0 Å². The fourth-order valence-electron chi connectivity index (χ4n) is 3.84. The van der Waals surface area contributed by atoms with Crippen molar-refractivity contribution in [3.05, 3.63) is 64.2 Å². The molecule has 0 aliphatic rings. The summed E-state index contributed by atoms with van der Waals surface area (Å²) in [5.74, 6) is -0.172. The fourth-order valence-corrected chi connectivity index (χ4v) is 5.07. The van der Waals surface area contributed by atoms with E-state index < -0.39 is 16.1 Å².